The van der Waals surface area contributed by atoms with Crippen molar-refractivity contribution < 1.29 is 8.42 Å². The van der Waals surface area contributed by atoms with Gasteiger partial charge in [-0.1, -0.05) is 36.5 Å². The molecule has 10 heteroatoms. The van der Waals surface area contributed by atoms with Crippen molar-refractivity contribution >= 4 is 54.8 Å². The third-order valence-corrected chi connectivity index (χ3v) is 10.8. The van der Waals surface area contributed by atoms with E-state index in [1.165, 1.54) is 21.8 Å². The summed E-state index contributed by atoms with van der Waals surface area (Å²) in [4.78, 5) is 10.8. The quantitative estimate of drug-likeness (QED) is 0.449. The van der Waals surface area contributed by atoms with Gasteiger partial charge in [0, 0.05) is 42.0 Å². The Labute approximate surface area is 215 Å². The molecule has 35 heavy (non-hydrogen) atoms. The number of thioether (sulfide) groups is 1. The van der Waals surface area contributed by atoms with E-state index in [0.29, 0.717) is 23.0 Å². The van der Waals surface area contributed by atoms with E-state index in [1.54, 1.807) is 23.6 Å². The molecule has 1 unspecified atom stereocenters. The van der Waals surface area contributed by atoms with E-state index in [0.717, 1.165) is 54.2 Å². The first kappa shape index (κ1) is 24.6. The predicted octanol–water partition coefficient (Wildman–Crippen LogP) is 4.50. The zero-order valence-corrected chi connectivity index (χ0v) is 22.4. The van der Waals surface area contributed by atoms with E-state index in [2.05, 4.69) is 41.7 Å². The van der Waals surface area contributed by atoms with Crippen LogP contribution in [0, 0.1) is 0 Å². The molecule has 3 atom stereocenters. The minimum Gasteiger partial charge on any atom is -0.351 e. The Morgan fingerprint density at radius 3 is 2.74 bits per heavy atom. The number of hydrogen-bond acceptors (Lipinski definition) is 7. The SMILES string of the molecule is C=CN(c1cccc2cc(C3=NCC(CCN4C[C@@H](C)N[C@@H](C)C4)S3)[nH]c12)S(=O)(=O)c1cccs1. The van der Waals surface area contributed by atoms with Gasteiger partial charge >= 0.3 is 0 Å². The Kier molecular flexibility index (Phi) is 7.09. The number of nitrogens with zero attached hydrogens (tertiary/aromatic N) is 3. The van der Waals surface area contributed by atoms with Gasteiger partial charge < -0.3 is 15.2 Å². The Hall–Kier alpha value is -2.11. The number of aromatic nitrogens is 1. The van der Waals surface area contributed by atoms with Crippen molar-refractivity contribution in [3.05, 3.63) is 60.3 Å². The summed E-state index contributed by atoms with van der Waals surface area (Å²) in [6.07, 6.45) is 2.46. The van der Waals surface area contributed by atoms with E-state index in [4.69, 9.17) is 4.99 Å². The summed E-state index contributed by atoms with van der Waals surface area (Å²) in [6, 6.07) is 12.1. The summed E-state index contributed by atoms with van der Waals surface area (Å²) in [5.41, 5.74) is 2.25. The van der Waals surface area contributed by atoms with Crippen molar-refractivity contribution in [2.24, 2.45) is 4.99 Å². The van der Waals surface area contributed by atoms with Gasteiger partial charge in [-0.15, -0.1) is 11.3 Å². The average molecular weight is 530 g/mol. The molecule has 3 aromatic rings. The summed E-state index contributed by atoms with van der Waals surface area (Å²) >= 11 is 3.02. The van der Waals surface area contributed by atoms with Gasteiger partial charge in [0.25, 0.3) is 10.0 Å². The zero-order valence-electron chi connectivity index (χ0n) is 20.0. The second-order valence-electron chi connectivity index (χ2n) is 9.24. The molecule has 1 saturated heterocycles. The van der Waals surface area contributed by atoms with E-state index >= 15 is 0 Å². The first-order chi connectivity index (χ1) is 16.8. The molecule has 0 bridgehead atoms. The minimum atomic E-state index is -3.73. The average Bonchev–Trinajstić information content (AvgIpc) is 3.58. The fourth-order valence-electron chi connectivity index (χ4n) is 4.94. The van der Waals surface area contributed by atoms with Gasteiger partial charge in [0.05, 0.1) is 23.4 Å². The first-order valence-electron chi connectivity index (χ1n) is 11.9. The van der Waals surface area contributed by atoms with Crippen molar-refractivity contribution in [2.45, 2.75) is 41.8 Å². The molecule has 1 aromatic carbocycles. The Morgan fingerprint density at radius 1 is 1.23 bits per heavy atom. The third kappa shape index (κ3) is 5.08. The monoisotopic (exact) mass is 529 g/mol. The van der Waals surface area contributed by atoms with Crippen LogP contribution in [0.25, 0.3) is 10.9 Å². The Morgan fingerprint density at radius 2 is 2.03 bits per heavy atom. The number of nitrogens with one attached hydrogen (secondary N) is 2. The minimum absolute atomic E-state index is 0.285. The highest BCUT2D eigenvalue weighted by Gasteiger charge is 2.28. The van der Waals surface area contributed by atoms with Crippen molar-refractivity contribution in [3.63, 3.8) is 0 Å². The molecule has 0 amide bonds. The van der Waals surface area contributed by atoms with Crippen LogP contribution in [0.15, 0.2) is 63.8 Å². The maximum atomic E-state index is 13.2. The van der Waals surface area contributed by atoms with E-state index < -0.39 is 10.0 Å². The molecule has 2 aliphatic heterocycles. The molecule has 2 aromatic heterocycles. The topological polar surface area (TPSA) is 80.8 Å². The lowest BCUT2D eigenvalue weighted by atomic mass is 10.1. The molecule has 0 saturated carbocycles. The van der Waals surface area contributed by atoms with Crippen LogP contribution in [-0.2, 0) is 10.0 Å². The first-order valence-corrected chi connectivity index (χ1v) is 15.1. The van der Waals surface area contributed by atoms with Crippen LogP contribution >= 0.6 is 23.1 Å². The van der Waals surface area contributed by atoms with Gasteiger partial charge in [0.2, 0.25) is 0 Å². The second-order valence-corrected chi connectivity index (χ2v) is 13.5. The van der Waals surface area contributed by atoms with Gasteiger partial charge in [-0.25, -0.2) is 4.31 Å². The van der Waals surface area contributed by atoms with Gasteiger partial charge in [-0.3, -0.25) is 4.99 Å². The number of rotatable bonds is 8. The van der Waals surface area contributed by atoms with Crippen LogP contribution in [-0.4, -0.2) is 66.9 Å². The number of sulfonamides is 1. The van der Waals surface area contributed by atoms with Crippen molar-refractivity contribution in [2.75, 3.05) is 30.5 Å². The van der Waals surface area contributed by atoms with Crippen molar-refractivity contribution in [3.8, 4) is 0 Å². The summed E-state index contributed by atoms with van der Waals surface area (Å²) in [5, 5.41) is 7.75. The van der Waals surface area contributed by atoms with Gasteiger partial charge in [-0.05, 0) is 50.4 Å². The highest BCUT2D eigenvalue weighted by molar-refractivity contribution is 8.15. The lowest BCUT2D eigenvalue weighted by Crippen LogP contribution is -2.54. The van der Waals surface area contributed by atoms with Crippen molar-refractivity contribution in [1.29, 1.82) is 0 Å². The smallest absolute Gasteiger partial charge is 0.277 e. The van der Waals surface area contributed by atoms with Crippen LogP contribution in [0.2, 0.25) is 0 Å². The fraction of sp³-hybridized carbons (Fsp3) is 0.400. The molecule has 2 aliphatic rings. The van der Waals surface area contributed by atoms with E-state index in [-0.39, 0.29) is 4.21 Å². The summed E-state index contributed by atoms with van der Waals surface area (Å²) in [6.45, 7) is 12.4. The summed E-state index contributed by atoms with van der Waals surface area (Å²) in [5.74, 6) is 0. The molecule has 1 fully saturated rings. The van der Waals surface area contributed by atoms with Crippen LogP contribution in [0.5, 0.6) is 0 Å². The van der Waals surface area contributed by atoms with Crippen molar-refractivity contribution in [1.82, 2.24) is 15.2 Å². The molecule has 186 valence electrons. The molecule has 5 rings (SSSR count). The largest absolute Gasteiger partial charge is 0.351 e. The zero-order chi connectivity index (χ0) is 24.6. The Bertz CT molecular complexity index is 1320. The molecular weight excluding hydrogens is 499 g/mol. The maximum absolute atomic E-state index is 13.2. The number of hydrogen-bond donors (Lipinski definition) is 2. The molecule has 0 aliphatic carbocycles. The number of para-hydroxylation sites is 1. The molecule has 0 spiro atoms. The summed E-state index contributed by atoms with van der Waals surface area (Å²) in [7, 11) is -3.73. The second kappa shape index (κ2) is 10.1. The van der Waals surface area contributed by atoms with Gasteiger partial charge in [0.15, 0.2) is 0 Å². The maximum Gasteiger partial charge on any atom is 0.277 e. The van der Waals surface area contributed by atoms with Gasteiger partial charge in [0.1, 0.15) is 9.25 Å². The standard InChI is InChI=1S/C25H31N5O2S3/c1-4-30(35(31,32)23-9-6-12-33-23)22-8-5-7-19-13-21(28-24(19)22)25-26-14-20(34-25)10-11-29-15-17(2)27-18(3)16-29/h4-9,12-13,17-18,20,27-28H,1,10-11,14-16H2,2-3H3/t17-,18+,20?. The molecule has 7 nitrogen and oxygen atoms in total. The molecular formula is C25H31N5O2S3. The lowest BCUT2D eigenvalue weighted by Gasteiger charge is -2.36. The predicted molar refractivity (Wildman–Crippen MR) is 148 cm³/mol. The highest BCUT2D eigenvalue weighted by atomic mass is 32.2. The fourth-order valence-corrected chi connectivity index (χ4v) is 8.41. The highest BCUT2D eigenvalue weighted by Crippen LogP contribution is 2.35. The number of piperazine rings is 1. The van der Waals surface area contributed by atoms with E-state index in [9.17, 15) is 8.42 Å². The number of anilines is 1. The third-order valence-electron chi connectivity index (χ3n) is 6.39. The van der Waals surface area contributed by atoms with Crippen LogP contribution in [0.3, 0.4) is 0 Å². The number of aliphatic imine (C=N–C) groups is 1. The lowest BCUT2D eigenvalue weighted by molar-refractivity contribution is 0.172. The Balaban J connectivity index is 1.32. The molecule has 0 radical (unpaired) electrons. The summed E-state index contributed by atoms with van der Waals surface area (Å²) < 4.78 is 28.0. The van der Waals surface area contributed by atoms with Gasteiger partial charge in [-0.2, -0.15) is 8.42 Å². The molecule has 2 N–H and O–H groups in total. The number of fused-ring (bicyclic) bond motifs is 1. The van der Waals surface area contributed by atoms with E-state index in [1.807, 2.05) is 23.9 Å². The van der Waals surface area contributed by atoms with Crippen LogP contribution < -0.4 is 9.62 Å². The number of aromatic amines is 1. The number of thiophene rings is 1. The van der Waals surface area contributed by atoms with Crippen LogP contribution in [0.4, 0.5) is 5.69 Å². The number of benzene rings is 1. The number of H-pyrrole nitrogens is 1. The molecule has 4 heterocycles. The normalized spacial score (nSPS) is 23.5. The van der Waals surface area contributed by atoms with Crippen LogP contribution in [0.1, 0.15) is 26.0 Å².